The summed E-state index contributed by atoms with van der Waals surface area (Å²) in [5.74, 6) is 0.988. The highest BCUT2D eigenvalue weighted by Gasteiger charge is 2.40. The van der Waals surface area contributed by atoms with Crippen molar-refractivity contribution in [3.05, 3.63) is 0 Å². The van der Waals surface area contributed by atoms with Gasteiger partial charge in [0.15, 0.2) is 0 Å². The van der Waals surface area contributed by atoms with Gasteiger partial charge in [-0.3, -0.25) is 0 Å². The van der Waals surface area contributed by atoms with E-state index in [0.29, 0.717) is 0 Å². The van der Waals surface area contributed by atoms with Gasteiger partial charge in [0.2, 0.25) is 0 Å². The molecule has 1 aliphatic heterocycles. The molecule has 1 heteroatoms. The molecule has 1 nitrogen and oxygen atoms in total. The van der Waals surface area contributed by atoms with Crippen LogP contribution in [0.4, 0.5) is 0 Å². The summed E-state index contributed by atoms with van der Waals surface area (Å²) in [6.07, 6.45) is 7.41. The molecule has 0 aromatic carbocycles. The molecule has 0 aromatic heterocycles. The van der Waals surface area contributed by atoms with Crippen molar-refractivity contribution in [2.75, 3.05) is 13.1 Å². The molecule has 0 N–H and O–H groups in total. The minimum atomic E-state index is 0.724. The summed E-state index contributed by atoms with van der Waals surface area (Å²) in [6, 6.07) is 0.753. The third-order valence-corrected chi connectivity index (χ3v) is 4.37. The number of hydrogen-bond acceptors (Lipinski definition) is 1. The van der Waals surface area contributed by atoms with Crippen molar-refractivity contribution in [2.24, 2.45) is 11.3 Å². The summed E-state index contributed by atoms with van der Waals surface area (Å²) >= 11 is 0. The van der Waals surface area contributed by atoms with Crippen LogP contribution in [0.15, 0.2) is 0 Å². The molecule has 2 unspecified atom stereocenters. The van der Waals surface area contributed by atoms with Gasteiger partial charge in [0.05, 0.1) is 0 Å². The quantitative estimate of drug-likeness (QED) is 0.620. The molecule has 1 saturated heterocycles. The van der Waals surface area contributed by atoms with E-state index >= 15 is 0 Å². The smallest absolute Gasteiger partial charge is 0.00408 e. The van der Waals surface area contributed by atoms with Crippen molar-refractivity contribution in [1.29, 1.82) is 0 Å². The summed E-state index contributed by atoms with van der Waals surface area (Å²) in [7, 11) is 0. The lowest BCUT2D eigenvalue weighted by Gasteiger charge is -2.42. The van der Waals surface area contributed by atoms with E-state index in [4.69, 9.17) is 0 Å². The predicted molar refractivity (Wildman–Crippen MR) is 61.4 cm³/mol. The van der Waals surface area contributed by atoms with Crippen LogP contribution < -0.4 is 0 Å². The topological polar surface area (TPSA) is 3.24 Å². The number of piperidine rings is 1. The summed E-state index contributed by atoms with van der Waals surface area (Å²) in [4.78, 5) is 2.70. The van der Waals surface area contributed by atoms with E-state index in [1.165, 1.54) is 45.2 Å². The Morgan fingerprint density at radius 2 is 2.07 bits per heavy atom. The second kappa shape index (κ2) is 3.84. The third kappa shape index (κ3) is 1.98. The molecule has 1 heterocycles. The van der Waals surface area contributed by atoms with Crippen molar-refractivity contribution in [1.82, 2.24) is 4.90 Å². The zero-order chi connectivity index (χ0) is 10.2. The number of likely N-dealkylation sites (tertiary alicyclic amines) is 1. The highest BCUT2D eigenvalue weighted by Crippen LogP contribution is 2.47. The first-order valence-corrected chi connectivity index (χ1v) is 6.35. The van der Waals surface area contributed by atoms with E-state index < -0.39 is 0 Å². The molecule has 82 valence electrons. The maximum atomic E-state index is 2.70. The zero-order valence-electron chi connectivity index (χ0n) is 10.1. The van der Waals surface area contributed by atoms with E-state index in [1.807, 2.05) is 0 Å². The molecule has 2 aliphatic rings. The summed E-state index contributed by atoms with van der Waals surface area (Å²) in [5, 5.41) is 0. The van der Waals surface area contributed by atoms with Crippen LogP contribution in [0, 0.1) is 11.3 Å². The molecule has 14 heavy (non-hydrogen) atoms. The van der Waals surface area contributed by atoms with Crippen LogP contribution in [0.1, 0.15) is 52.9 Å². The number of nitrogens with zero attached hydrogens (tertiary/aromatic N) is 1. The Kier molecular flexibility index (Phi) is 2.88. The van der Waals surface area contributed by atoms with Gasteiger partial charge in [0, 0.05) is 12.6 Å². The van der Waals surface area contributed by atoms with Crippen molar-refractivity contribution in [2.45, 2.75) is 58.9 Å². The van der Waals surface area contributed by atoms with Gasteiger partial charge in [-0.1, -0.05) is 13.3 Å². The van der Waals surface area contributed by atoms with Crippen molar-refractivity contribution >= 4 is 0 Å². The summed E-state index contributed by atoms with van der Waals surface area (Å²) in [6.45, 7) is 9.85. The van der Waals surface area contributed by atoms with Gasteiger partial charge in [-0.25, -0.2) is 0 Å². The molecule has 2 fully saturated rings. The van der Waals surface area contributed by atoms with E-state index in [-0.39, 0.29) is 0 Å². The van der Waals surface area contributed by atoms with Crippen LogP contribution in [-0.4, -0.2) is 24.0 Å². The molecule has 1 saturated carbocycles. The average molecular weight is 195 g/mol. The van der Waals surface area contributed by atoms with Crippen LogP contribution in [0.5, 0.6) is 0 Å². The molecular formula is C13H25N. The fraction of sp³-hybridized carbons (Fsp3) is 1.00. The van der Waals surface area contributed by atoms with Crippen LogP contribution in [-0.2, 0) is 0 Å². The zero-order valence-corrected chi connectivity index (χ0v) is 10.1. The van der Waals surface area contributed by atoms with Gasteiger partial charge in [-0.05, 0) is 57.4 Å². The highest BCUT2D eigenvalue weighted by molar-refractivity contribution is 4.93. The van der Waals surface area contributed by atoms with Gasteiger partial charge in [0.25, 0.3) is 0 Å². The Labute approximate surface area is 88.9 Å². The summed E-state index contributed by atoms with van der Waals surface area (Å²) < 4.78 is 0. The fourth-order valence-electron chi connectivity index (χ4n) is 3.55. The van der Waals surface area contributed by atoms with Crippen LogP contribution >= 0.6 is 0 Å². The standard InChI is InChI=1S/C13H25N/c1-11(2)14-8-4-6-13(10-14)7-5-12(3)9-13/h11-12H,4-10H2,1-3H3. The first-order valence-electron chi connectivity index (χ1n) is 6.35. The lowest BCUT2D eigenvalue weighted by molar-refractivity contribution is 0.0678. The minimum Gasteiger partial charge on any atom is -0.300 e. The number of hydrogen-bond donors (Lipinski definition) is 0. The molecule has 1 aliphatic carbocycles. The monoisotopic (exact) mass is 195 g/mol. The highest BCUT2D eigenvalue weighted by atomic mass is 15.2. The Morgan fingerprint density at radius 3 is 2.64 bits per heavy atom. The first kappa shape index (κ1) is 10.5. The number of rotatable bonds is 1. The van der Waals surface area contributed by atoms with Gasteiger partial charge < -0.3 is 4.90 Å². The maximum Gasteiger partial charge on any atom is 0.00408 e. The SMILES string of the molecule is CC1CCC2(CCCN(C(C)C)C2)C1. The summed E-state index contributed by atoms with van der Waals surface area (Å²) in [5.41, 5.74) is 0.724. The van der Waals surface area contributed by atoms with Gasteiger partial charge >= 0.3 is 0 Å². The molecule has 2 rings (SSSR count). The largest absolute Gasteiger partial charge is 0.300 e. The van der Waals surface area contributed by atoms with Crippen molar-refractivity contribution < 1.29 is 0 Å². The lowest BCUT2D eigenvalue weighted by Crippen LogP contribution is -2.45. The second-order valence-corrected chi connectivity index (χ2v) is 6.02. The lowest BCUT2D eigenvalue weighted by atomic mass is 9.77. The second-order valence-electron chi connectivity index (χ2n) is 6.02. The predicted octanol–water partition coefficient (Wildman–Crippen LogP) is 3.30. The minimum absolute atomic E-state index is 0.724. The Morgan fingerprint density at radius 1 is 1.29 bits per heavy atom. The van der Waals surface area contributed by atoms with Gasteiger partial charge in [-0.2, -0.15) is 0 Å². The van der Waals surface area contributed by atoms with E-state index in [9.17, 15) is 0 Å². The normalized spacial score (nSPS) is 39.9. The van der Waals surface area contributed by atoms with E-state index in [1.54, 1.807) is 0 Å². The Balaban J connectivity index is 1.99. The average Bonchev–Trinajstić information content (AvgIpc) is 2.47. The van der Waals surface area contributed by atoms with Gasteiger partial charge in [-0.15, -0.1) is 0 Å². The van der Waals surface area contributed by atoms with Crippen LogP contribution in [0.3, 0.4) is 0 Å². The van der Waals surface area contributed by atoms with Crippen LogP contribution in [0.25, 0.3) is 0 Å². The molecule has 0 radical (unpaired) electrons. The third-order valence-electron chi connectivity index (χ3n) is 4.37. The van der Waals surface area contributed by atoms with Crippen LogP contribution in [0.2, 0.25) is 0 Å². The molecule has 1 spiro atoms. The molecule has 0 amide bonds. The molecule has 0 bridgehead atoms. The maximum absolute atomic E-state index is 2.70. The van der Waals surface area contributed by atoms with Crippen molar-refractivity contribution in [3.63, 3.8) is 0 Å². The fourth-order valence-corrected chi connectivity index (χ4v) is 3.55. The van der Waals surface area contributed by atoms with Crippen molar-refractivity contribution in [3.8, 4) is 0 Å². The van der Waals surface area contributed by atoms with E-state index in [0.717, 1.165) is 17.4 Å². The van der Waals surface area contributed by atoms with Gasteiger partial charge in [0.1, 0.15) is 0 Å². The Hall–Kier alpha value is -0.0400. The molecular weight excluding hydrogens is 170 g/mol. The molecule has 0 aromatic rings. The van der Waals surface area contributed by atoms with E-state index in [2.05, 4.69) is 25.7 Å². The molecule has 2 atom stereocenters. The Bertz CT molecular complexity index is 195. The first-order chi connectivity index (χ1) is 6.61.